The van der Waals surface area contributed by atoms with Crippen molar-refractivity contribution in [2.45, 2.75) is 12.8 Å². The van der Waals surface area contributed by atoms with E-state index in [1.54, 1.807) is 0 Å². The molecule has 0 bridgehead atoms. The first-order chi connectivity index (χ1) is 5.20. The van der Waals surface area contributed by atoms with Gasteiger partial charge in [0.15, 0.2) is 7.98 Å². The van der Waals surface area contributed by atoms with Crippen molar-refractivity contribution in [3.05, 3.63) is 0 Å². The second-order valence-electron chi connectivity index (χ2n) is 4.48. The van der Waals surface area contributed by atoms with E-state index in [1.807, 2.05) is 0 Å². The van der Waals surface area contributed by atoms with Crippen LogP contribution in [0.2, 0.25) is 0 Å². The second-order valence-corrected chi connectivity index (χ2v) is 4.48. The average molecular weight is 152 g/mol. The summed E-state index contributed by atoms with van der Waals surface area (Å²) in [6.45, 7) is 5.32. The molecule has 1 spiro atoms. The molecule has 2 aliphatic rings. The van der Waals surface area contributed by atoms with Crippen LogP contribution < -0.4 is 0 Å². The van der Waals surface area contributed by atoms with Crippen molar-refractivity contribution in [3.8, 4) is 0 Å². The molecule has 0 aromatic carbocycles. The Bertz CT molecular complexity index is 144. The largest absolute Gasteiger partial charge is 0.348 e. The smallest absolute Gasteiger partial charge is 0.185 e. The third-order valence-electron chi connectivity index (χ3n) is 3.26. The zero-order valence-electron chi connectivity index (χ0n) is 7.64. The predicted octanol–water partition coefficient (Wildman–Crippen LogP) is -0.438. The van der Waals surface area contributed by atoms with E-state index in [0.717, 1.165) is 5.41 Å². The van der Waals surface area contributed by atoms with Gasteiger partial charge in [-0.15, -0.1) is 0 Å². The lowest BCUT2D eigenvalue weighted by Crippen LogP contribution is -2.58. The lowest BCUT2D eigenvalue weighted by atomic mass is 9.71. The topological polar surface area (TPSA) is 6.48 Å². The molecule has 0 atom stereocenters. The Balaban J connectivity index is 1.88. The molecule has 3 heteroatoms. The molecule has 62 valence electrons. The molecule has 2 nitrogen and oxygen atoms in total. The van der Waals surface area contributed by atoms with Crippen LogP contribution in [0.1, 0.15) is 12.8 Å². The van der Waals surface area contributed by atoms with E-state index in [1.165, 1.54) is 39.0 Å². The molecule has 2 heterocycles. The van der Waals surface area contributed by atoms with Gasteiger partial charge in [0.25, 0.3) is 0 Å². The van der Waals surface area contributed by atoms with Crippen LogP contribution >= 0.6 is 0 Å². The average Bonchev–Trinajstić information content (AvgIpc) is 1.92. The summed E-state index contributed by atoms with van der Waals surface area (Å²) in [5.41, 5.74) is 0.737. The van der Waals surface area contributed by atoms with E-state index in [0.29, 0.717) is 0 Å². The fraction of sp³-hybridized carbons (Fsp3) is 1.00. The van der Waals surface area contributed by atoms with Gasteiger partial charge in [0, 0.05) is 0 Å². The van der Waals surface area contributed by atoms with Crippen LogP contribution in [0.3, 0.4) is 0 Å². The van der Waals surface area contributed by atoms with Gasteiger partial charge in [-0.2, -0.15) is 0 Å². The Kier molecular flexibility index (Phi) is 1.73. The molecule has 0 unspecified atom stereocenters. The van der Waals surface area contributed by atoms with Crippen LogP contribution in [-0.4, -0.2) is 50.9 Å². The first-order valence-electron chi connectivity index (χ1n) is 4.57. The minimum Gasteiger partial charge on any atom is -0.348 e. The van der Waals surface area contributed by atoms with Crippen molar-refractivity contribution < 1.29 is 0 Å². The maximum atomic E-state index is 2.45. The van der Waals surface area contributed by atoms with Crippen molar-refractivity contribution in [1.29, 1.82) is 0 Å². The summed E-state index contributed by atoms with van der Waals surface area (Å²) in [6.07, 6.45) is 2.85. The van der Waals surface area contributed by atoms with Crippen molar-refractivity contribution in [1.82, 2.24) is 9.71 Å². The molecular weight excluding hydrogens is 135 g/mol. The van der Waals surface area contributed by atoms with E-state index >= 15 is 0 Å². The van der Waals surface area contributed by atoms with E-state index in [4.69, 9.17) is 0 Å². The highest BCUT2D eigenvalue weighted by Crippen LogP contribution is 2.38. The Morgan fingerprint density at radius 1 is 1.18 bits per heavy atom. The number of likely N-dealkylation sites (tertiary alicyclic amines) is 1. The summed E-state index contributed by atoms with van der Waals surface area (Å²) < 4.78 is 0. The van der Waals surface area contributed by atoms with Crippen LogP contribution in [0.5, 0.6) is 0 Å². The van der Waals surface area contributed by atoms with E-state index in [2.05, 4.69) is 24.7 Å². The van der Waals surface area contributed by atoms with E-state index < -0.39 is 0 Å². The highest BCUT2D eigenvalue weighted by molar-refractivity contribution is 6.05. The van der Waals surface area contributed by atoms with Gasteiger partial charge in [-0.1, -0.05) is 0 Å². The number of nitrogens with zero attached hydrogens (tertiary/aromatic N) is 2. The maximum Gasteiger partial charge on any atom is 0.185 e. The van der Waals surface area contributed by atoms with Gasteiger partial charge in [0.2, 0.25) is 0 Å². The first kappa shape index (κ1) is 7.62. The Morgan fingerprint density at radius 3 is 2.18 bits per heavy atom. The fourth-order valence-corrected chi connectivity index (χ4v) is 2.51. The van der Waals surface area contributed by atoms with E-state index in [-0.39, 0.29) is 0 Å². The molecule has 11 heavy (non-hydrogen) atoms. The minimum absolute atomic E-state index is 0.737. The van der Waals surface area contributed by atoms with Gasteiger partial charge in [-0.3, -0.25) is 0 Å². The van der Waals surface area contributed by atoms with Crippen molar-refractivity contribution >= 4 is 7.98 Å². The number of hydrogen-bond acceptors (Lipinski definition) is 2. The molecule has 0 aromatic rings. The lowest BCUT2D eigenvalue weighted by Gasteiger charge is -2.53. The monoisotopic (exact) mass is 152 g/mol. The molecule has 0 N–H and O–H groups in total. The Morgan fingerprint density at radius 2 is 1.73 bits per heavy atom. The van der Waals surface area contributed by atoms with Crippen molar-refractivity contribution in [2.24, 2.45) is 5.41 Å². The number of rotatable bonds is 0. The first-order valence-corrected chi connectivity index (χ1v) is 4.57. The normalized spacial score (nSPS) is 32.1. The summed E-state index contributed by atoms with van der Waals surface area (Å²) >= 11 is 0. The van der Waals surface area contributed by atoms with Gasteiger partial charge in [0.1, 0.15) is 0 Å². The van der Waals surface area contributed by atoms with Crippen LogP contribution in [0.15, 0.2) is 0 Å². The SMILES string of the molecule is BN1CC2(CCN(C)CC2)C1. The third-order valence-corrected chi connectivity index (χ3v) is 3.26. The molecule has 0 saturated carbocycles. The van der Waals surface area contributed by atoms with Gasteiger partial charge in [0.05, 0.1) is 0 Å². The van der Waals surface area contributed by atoms with Crippen LogP contribution in [0, 0.1) is 5.41 Å². The highest BCUT2D eigenvalue weighted by Gasteiger charge is 2.41. The van der Waals surface area contributed by atoms with Crippen molar-refractivity contribution in [3.63, 3.8) is 0 Å². The van der Waals surface area contributed by atoms with Gasteiger partial charge >= 0.3 is 0 Å². The van der Waals surface area contributed by atoms with Gasteiger partial charge in [-0.05, 0) is 51.5 Å². The molecule has 0 radical (unpaired) electrons. The summed E-state index contributed by atoms with van der Waals surface area (Å²) in [4.78, 5) is 4.88. The predicted molar refractivity (Wildman–Crippen MR) is 49.3 cm³/mol. The highest BCUT2D eigenvalue weighted by atomic mass is 15.2. The quantitative estimate of drug-likeness (QED) is 0.434. The Hall–Kier alpha value is -0.0151. The van der Waals surface area contributed by atoms with Gasteiger partial charge in [-0.25, -0.2) is 0 Å². The zero-order chi connectivity index (χ0) is 7.90. The molecule has 0 aromatic heterocycles. The molecule has 2 rings (SSSR count). The lowest BCUT2D eigenvalue weighted by molar-refractivity contribution is 0.00821. The summed E-state index contributed by atoms with van der Waals surface area (Å²) in [7, 11) is 4.46. The van der Waals surface area contributed by atoms with Crippen molar-refractivity contribution in [2.75, 3.05) is 33.2 Å². The fourth-order valence-electron chi connectivity index (χ4n) is 2.51. The zero-order valence-corrected chi connectivity index (χ0v) is 7.64. The molecule has 2 saturated heterocycles. The standard InChI is InChI=1S/C8H17BN2/c1-10-4-2-8(3-5-10)6-11(9)7-8/h2-7,9H2,1H3. The molecule has 2 aliphatic heterocycles. The molecule has 0 amide bonds. The molecule has 0 aliphatic carbocycles. The maximum absolute atomic E-state index is 2.45. The molecular formula is C8H17BN2. The Labute approximate surface area is 70.0 Å². The van der Waals surface area contributed by atoms with E-state index in [9.17, 15) is 0 Å². The summed E-state index contributed by atoms with van der Waals surface area (Å²) in [5.74, 6) is 0. The summed E-state index contributed by atoms with van der Waals surface area (Å²) in [6, 6.07) is 0. The third kappa shape index (κ3) is 1.32. The van der Waals surface area contributed by atoms with Crippen LogP contribution in [0.25, 0.3) is 0 Å². The second kappa shape index (κ2) is 2.49. The number of piperidine rings is 1. The summed E-state index contributed by atoms with van der Waals surface area (Å²) in [5, 5.41) is 0. The molecule has 2 fully saturated rings. The number of hydrogen-bond donors (Lipinski definition) is 0. The van der Waals surface area contributed by atoms with Crippen LogP contribution in [-0.2, 0) is 0 Å². The van der Waals surface area contributed by atoms with Gasteiger partial charge < -0.3 is 9.71 Å². The minimum atomic E-state index is 0.737. The van der Waals surface area contributed by atoms with Crippen LogP contribution in [0.4, 0.5) is 0 Å².